The van der Waals surface area contributed by atoms with Crippen molar-refractivity contribution in [3.05, 3.63) is 69.5 Å². The van der Waals surface area contributed by atoms with E-state index in [0.717, 1.165) is 0 Å². The Hall–Kier alpha value is -2.57. The maximum Gasteiger partial charge on any atom is 0.275 e. The van der Waals surface area contributed by atoms with Crippen molar-refractivity contribution in [2.24, 2.45) is 0 Å². The molecule has 1 atom stereocenters. The number of nitro groups is 1. The molecular formula is C14H11F3N2O2. The molecule has 7 heteroatoms. The number of nitrogens with zero attached hydrogens (tertiary/aromatic N) is 1. The van der Waals surface area contributed by atoms with Gasteiger partial charge in [0, 0.05) is 6.04 Å². The minimum Gasteiger partial charge on any atom is -0.374 e. The van der Waals surface area contributed by atoms with Gasteiger partial charge in [-0.2, -0.15) is 0 Å². The monoisotopic (exact) mass is 296 g/mol. The van der Waals surface area contributed by atoms with Gasteiger partial charge in [-0.25, -0.2) is 13.2 Å². The first-order chi connectivity index (χ1) is 9.88. The molecule has 2 rings (SSSR count). The van der Waals surface area contributed by atoms with Crippen LogP contribution < -0.4 is 5.32 Å². The Morgan fingerprint density at radius 1 is 1.14 bits per heavy atom. The van der Waals surface area contributed by atoms with E-state index in [1.54, 1.807) is 13.0 Å². The summed E-state index contributed by atoms with van der Waals surface area (Å²) < 4.78 is 40.6. The first-order valence-corrected chi connectivity index (χ1v) is 6.04. The minimum atomic E-state index is -1.08. The van der Waals surface area contributed by atoms with E-state index < -0.39 is 39.8 Å². The van der Waals surface area contributed by atoms with Gasteiger partial charge in [-0.1, -0.05) is 12.1 Å². The molecule has 0 aromatic heterocycles. The molecule has 21 heavy (non-hydrogen) atoms. The van der Waals surface area contributed by atoms with Crippen LogP contribution >= 0.6 is 0 Å². The maximum atomic E-state index is 13.7. The lowest BCUT2D eigenvalue weighted by atomic mass is 10.1. The van der Waals surface area contributed by atoms with Crippen molar-refractivity contribution >= 4 is 11.4 Å². The highest BCUT2D eigenvalue weighted by molar-refractivity contribution is 5.53. The smallest absolute Gasteiger partial charge is 0.275 e. The van der Waals surface area contributed by atoms with Crippen LogP contribution in [0.25, 0.3) is 0 Å². The zero-order valence-corrected chi connectivity index (χ0v) is 10.9. The van der Waals surface area contributed by atoms with E-state index >= 15 is 0 Å². The number of anilines is 1. The Bertz CT molecular complexity index is 669. The average molecular weight is 296 g/mol. The Balaban J connectivity index is 2.29. The molecule has 0 fully saturated rings. The third-order valence-corrected chi connectivity index (χ3v) is 2.95. The van der Waals surface area contributed by atoms with Gasteiger partial charge in [-0.3, -0.25) is 10.1 Å². The molecular weight excluding hydrogens is 285 g/mol. The zero-order chi connectivity index (χ0) is 15.6. The second kappa shape index (κ2) is 5.82. The van der Waals surface area contributed by atoms with Gasteiger partial charge in [0.15, 0.2) is 11.6 Å². The Kier molecular flexibility index (Phi) is 4.11. The molecule has 0 amide bonds. The highest BCUT2D eigenvalue weighted by Gasteiger charge is 2.19. The van der Waals surface area contributed by atoms with E-state index in [-0.39, 0.29) is 0 Å². The molecule has 0 aliphatic heterocycles. The van der Waals surface area contributed by atoms with E-state index in [1.807, 2.05) is 0 Å². The van der Waals surface area contributed by atoms with E-state index in [4.69, 9.17) is 0 Å². The Labute approximate surface area is 118 Å². The molecule has 4 nitrogen and oxygen atoms in total. The van der Waals surface area contributed by atoms with Gasteiger partial charge in [-0.05, 0) is 24.6 Å². The molecule has 0 heterocycles. The van der Waals surface area contributed by atoms with Crippen molar-refractivity contribution in [1.29, 1.82) is 0 Å². The second-order valence-electron chi connectivity index (χ2n) is 4.46. The largest absolute Gasteiger partial charge is 0.374 e. The van der Waals surface area contributed by atoms with Gasteiger partial charge in [-0.15, -0.1) is 0 Å². The summed E-state index contributed by atoms with van der Waals surface area (Å²) in [5, 5.41) is 13.1. The molecule has 1 unspecified atom stereocenters. The molecule has 0 bridgehead atoms. The van der Waals surface area contributed by atoms with Crippen molar-refractivity contribution in [3.8, 4) is 0 Å². The Morgan fingerprint density at radius 3 is 2.29 bits per heavy atom. The number of rotatable bonds is 4. The molecule has 110 valence electrons. The van der Waals surface area contributed by atoms with Crippen molar-refractivity contribution in [2.75, 3.05) is 5.32 Å². The fourth-order valence-electron chi connectivity index (χ4n) is 1.88. The zero-order valence-electron chi connectivity index (χ0n) is 10.9. The van der Waals surface area contributed by atoms with Gasteiger partial charge in [0.1, 0.15) is 11.5 Å². The molecule has 1 N–H and O–H groups in total. The van der Waals surface area contributed by atoms with E-state index in [2.05, 4.69) is 5.32 Å². The summed E-state index contributed by atoms with van der Waals surface area (Å²) in [6.07, 6.45) is 0. The normalized spacial score (nSPS) is 12.0. The van der Waals surface area contributed by atoms with Crippen LogP contribution in [0.2, 0.25) is 0 Å². The quantitative estimate of drug-likeness (QED) is 0.680. The van der Waals surface area contributed by atoms with Gasteiger partial charge < -0.3 is 5.32 Å². The van der Waals surface area contributed by atoms with E-state index in [0.29, 0.717) is 17.7 Å². The van der Waals surface area contributed by atoms with Gasteiger partial charge in [0.05, 0.1) is 17.1 Å². The average Bonchev–Trinajstić information content (AvgIpc) is 2.42. The summed E-state index contributed by atoms with van der Waals surface area (Å²) in [6.45, 7) is 1.59. The van der Waals surface area contributed by atoms with Crippen LogP contribution in [0.5, 0.6) is 0 Å². The summed E-state index contributed by atoms with van der Waals surface area (Å²) in [5.41, 5.74) is -0.668. The van der Waals surface area contributed by atoms with Crippen LogP contribution in [-0.4, -0.2) is 4.92 Å². The van der Waals surface area contributed by atoms with E-state index in [1.165, 1.54) is 18.2 Å². The first-order valence-electron chi connectivity index (χ1n) is 6.04. The lowest BCUT2D eigenvalue weighted by molar-refractivity contribution is -0.385. The molecule has 0 saturated carbocycles. The first kappa shape index (κ1) is 14.8. The summed E-state index contributed by atoms with van der Waals surface area (Å²) >= 11 is 0. The van der Waals surface area contributed by atoms with Crippen LogP contribution in [0.1, 0.15) is 18.5 Å². The predicted octanol–water partition coefficient (Wildman–Crippen LogP) is 4.19. The summed E-state index contributed by atoms with van der Waals surface area (Å²) in [4.78, 5) is 9.62. The number of hydrogen-bond donors (Lipinski definition) is 1. The molecule has 0 saturated heterocycles. The van der Waals surface area contributed by atoms with Gasteiger partial charge in [0.2, 0.25) is 0 Å². The number of non-ortho nitro benzene ring substituents is 1. The van der Waals surface area contributed by atoms with Crippen molar-refractivity contribution in [3.63, 3.8) is 0 Å². The van der Waals surface area contributed by atoms with E-state index in [9.17, 15) is 23.3 Å². The van der Waals surface area contributed by atoms with Crippen molar-refractivity contribution in [2.45, 2.75) is 13.0 Å². The standard InChI is InChI=1S/C14H11F3N2O2/c1-8(9-3-2-4-10(15)5-9)18-14-12(16)6-11(19(20)21)7-13(14)17/h2-8,18H,1H3. The topological polar surface area (TPSA) is 55.2 Å². The van der Waals surface area contributed by atoms with Crippen molar-refractivity contribution in [1.82, 2.24) is 0 Å². The van der Waals surface area contributed by atoms with Crippen LogP contribution in [0.4, 0.5) is 24.5 Å². The van der Waals surface area contributed by atoms with Crippen molar-refractivity contribution < 1.29 is 18.1 Å². The highest BCUT2D eigenvalue weighted by atomic mass is 19.1. The van der Waals surface area contributed by atoms with Gasteiger partial charge in [0.25, 0.3) is 5.69 Å². The van der Waals surface area contributed by atoms with Crippen LogP contribution in [0.15, 0.2) is 36.4 Å². The number of nitrogens with one attached hydrogen (secondary N) is 1. The number of hydrogen-bond acceptors (Lipinski definition) is 3. The molecule has 0 aliphatic rings. The summed E-state index contributed by atoms with van der Waals surface area (Å²) in [6, 6.07) is 6.24. The second-order valence-corrected chi connectivity index (χ2v) is 4.46. The fraction of sp³-hybridized carbons (Fsp3) is 0.143. The molecule has 2 aromatic rings. The predicted molar refractivity (Wildman–Crippen MR) is 71.5 cm³/mol. The van der Waals surface area contributed by atoms with Crippen LogP contribution in [-0.2, 0) is 0 Å². The molecule has 0 aliphatic carbocycles. The molecule has 2 aromatic carbocycles. The number of nitro benzene ring substituents is 1. The SMILES string of the molecule is CC(Nc1c(F)cc([N+](=O)[O-])cc1F)c1cccc(F)c1. The fourth-order valence-corrected chi connectivity index (χ4v) is 1.88. The maximum absolute atomic E-state index is 13.7. The third kappa shape index (κ3) is 3.31. The molecule has 0 radical (unpaired) electrons. The molecule has 0 spiro atoms. The summed E-state index contributed by atoms with van der Waals surface area (Å²) in [5.74, 6) is -2.62. The third-order valence-electron chi connectivity index (χ3n) is 2.95. The lowest BCUT2D eigenvalue weighted by Gasteiger charge is -2.16. The lowest BCUT2D eigenvalue weighted by Crippen LogP contribution is -2.10. The highest BCUT2D eigenvalue weighted by Crippen LogP contribution is 2.28. The number of benzene rings is 2. The number of halogens is 3. The van der Waals surface area contributed by atoms with Crippen LogP contribution in [0.3, 0.4) is 0 Å². The Morgan fingerprint density at radius 2 is 1.76 bits per heavy atom. The summed E-state index contributed by atoms with van der Waals surface area (Å²) in [7, 11) is 0. The van der Waals surface area contributed by atoms with Gasteiger partial charge >= 0.3 is 0 Å². The minimum absolute atomic E-state index is 0.467. The van der Waals surface area contributed by atoms with Crippen LogP contribution in [0, 0.1) is 27.6 Å².